The van der Waals surface area contributed by atoms with Gasteiger partial charge in [0, 0.05) is 12.7 Å². The van der Waals surface area contributed by atoms with Crippen molar-refractivity contribution in [1.29, 1.82) is 0 Å². The number of aryl methyl sites for hydroxylation is 1. The quantitative estimate of drug-likeness (QED) is 0.364. The number of rotatable bonds is 7. The van der Waals surface area contributed by atoms with Crippen LogP contribution in [0.15, 0.2) is 23.1 Å². The molecule has 0 aliphatic heterocycles. The van der Waals surface area contributed by atoms with Crippen LogP contribution >= 0.6 is 11.6 Å². The van der Waals surface area contributed by atoms with E-state index in [4.69, 9.17) is 16.3 Å². The summed E-state index contributed by atoms with van der Waals surface area (Å²) in [5, 5.41) is 15.4. The van der Waals surface area contributed by atoms with Crippen LogP contribution in [0.1, 0.15) is 35.6 Å². The van der Waals surface area contributed by atoms with E-state index in [1.807, 2.05) is 0 Å². The van der Waals surface area contributed by atoms with Gasteiger partial charge in [0.2, 0.25) is 5.88 Å². The van der Waals surface area contributed by atoms with Gasteiger partial charge in [-0.15, -0.1) is 5.10 Å². The highest BCUT2D eigenvalue weighted by Crippen LogP contribution is 2.30. The highest BCUT2D eigenvalue weighted by molar-refractivity contribution is 6.32. The zero-order valence-electron chi connectivity index (χ0n) is 18.5. The van der Waals surface area contributed by atoms with Crippen molar-refractivity contribution in [3.63, 3.8) is 0 Å². The zero-order valence-corrected chi connectivity index (χ0v) is 19.3. The number of nitrogens with one attached hydrogen (secondary N) is 1. The molecule has 0 aliphatic rings. The van der Waals surface area contributed by atoms with Gasteiger partial charge in [-0.2, -0.15) is 22.8 Å². The van der Waals surface area contributed by atoms with Crippen molar-refractivity contribution in [3.8, 4) is 11.7 Å². The molecular weight excluding hydrogens is 500 g/mol. The van der Waals surface area contributed by atoms with Gasteiger partial charge in [-0.3, -0.25) is 9.36 Å². The highest BCUT2D eigenvalue weighted by Gasteiger charge is 2.39. The van der Waals surface area contributed by atoms with Crippen molar-refractivity contribution in [2.45, 2.75) is 46.2 Å². The lowest BCUT2D eigenvalue weighted by molar-refractivity contribution is -0.190. The van der Waals surface area contributed by atoms with Gasteiger partial charge in [0.25, 0.3) is 5.91 Å². The third kappa shape index (κ3) is 5.27. The van der Waals surface area contributed by atoms with Gasteiger partial charge >= 0.3 is 11.9 Å². The zero-order chi connectivity index (χ0) is 26.1. The van der Waals surface area contributed by atoms with Crippen LogP contribution in [-0.4, -0.2) is 47.6 Å². The first-order valence-electron chi connectivity index (χ1n) is 10.0. The molecule has 1 amide bonds. The number of hydrogen-bond donors (Lipinski definition) is 2. The van der Waals surface area contributed by atoms with E-state index in [9.17, 15) is 27.9 Å². The summed E-state index contributed by atoms with van der Waals surface area (Å²) < 4.78 is 60.9. The number of amides is 1. The van der Waals surface area contributed by atoms with Crippen molar-refractivity contribution in [2.75, 3.05) is 5.32 Å². The van der Waals surface area contributed by atoms with Crippen molar-refractivity contribution in [1.82, 2.24) is 24.3 Å². The van der Waals surface area contributed by atoms with E-state index in [1.54, 1.807) is 13.8 Å². The molecule has 35 heavy (non-hydrogen) atoms. The Labute approximate surface area is 200 Å². The fourth-order valence-corrected chi connectivity index (χ4v) is 3.22. The number of carbonyl (C=O) groups excluding carboxylic acids is 1. The second-order valence-corrected chi connectivity index (χ2v) is 7.57. The molecule has 3 aromatic rings. The maximum Gasteiger partial charge on any atom is 0.425 e. The van der Waals surface area contributed by atoms with Crippen molar-refractivity contribution in [3.05, 3.63) is 56.7 Å². The van der Waals surface area contributed by atoms with Crippen LogP contribution in [-0.2, 0) is 13.2 Å². The maximum absolute atomic E-state index is 15.0. The first-order chi connectivity index (χ1) is 16.4. The fraction of sp³-hybridized carbons (Fsp3) is 0.350. The van der Waals surface area contributed by atoms with E-state index in [0.29, 0.717) is 23.2 Å². The largest absolute Gasteiger partial charge is 0.464 e. The lowest BCUT2D eigenvalue weighted by Crippen LogP contribution is -2.33. The van der Waals surface area contributed by atoms with Crippen LogP contribution in [0, 0.1) is 12.7 Å². The van der Waals surface area contributed by atoms with E-state index in [1.165, 1.54) is 12.3 Å². The summed E-state index contributed by atoms with van der Waals surface area (Å²) in [5.74, 6) is -4.22. The first kappa shape index (κ1) is 26.1. The number of aromatic nitrogens is 5. The predicted molar refractivity (Wildman–Crippen MR) is 115 cm³/mol. The highest BCUT2D eigenvalue weighted by atomic mass is 35.5. The molecule has 15 heteroatoms. The van der Waals surface area contributed by atoms with Crippen molar-refractivity contribution in [2.24, 2.45) is 0 Å². The molecule has 0 bridgehead atoms. The number of pyridine rings is 2. The maximum atomic E-state index is 15.0. The molecule has 188 valence electrons. The van der Waals surface area contributed by atoms with Crippen LogP contribution < -0.4 is 15.7 Å². The Morgan fingerprint density at radius 1 is 1.37 bits per heavy atom. The molecule has 0 aromatic carbocycles. The van der Waals surface area contributed by atoms with Crippen LogP contribution in [0.25, 0.3) is 5.82 Å². The van der Waals surface area contributed by atoms with E-state index in [0.717, 1.165) is 4.57 Å². The second kappa shape index (κ2) is 10.00. The van der Waals surface area contributed by atoms with Crippen molar-refractivity contribution >= 4 is 23.2 Å². The average Bonchev–Trinajstić information content (AvgIpc) is 3.11. The molecule has 0 radical (unpaired) electrons. The number of nitrogens with zero attached hydrogens (tertiary/aromatic N) is 5. The summed E-state index contributed by atoms with van der Waals surface area (Å²) >= 11 is 5.98. The Kier molecular flexibility index (Phi) is 7.45. The van der Waals surface area contributed by atoms with E-state index < -0.39 is 53.6 Å². The van der Waals surface area contributed by atoms with Crippen LogP contribution in [0.3, 0.4) is 0 Å². The first-order valence-corrected chi connectivity index (χ1v) is 10.4. The third-order valence-electron chi connectivity index (χ3n) is 4.87. The minimum atomic E-state index is -4.85. The number of carbonyl (C=O) groups is 1. The second-order valence-electron chi connectivity index (χ2n) is 7.21. The molecule has 3 heterocycles. The Hall–Kier alpha value is -3.52. The molecular formula is C20H19ClF4N6O4. The molecule has 3 aromatic heterocycles. The van der Waals surface area contributed by atoms with Crippen LogP contribution in [0.4, 0.5) is 23.2 Å². The number of halogens is 5. The summed E-state index contributed by atoms with van der Waals surface area (Å²) in [6.45, 7) is 3.21. The average molecular weight is 519 g/mol. The predicted octanol–water partition coefficient (Wildman–Crippen LogP) is 3.02. The molecule has 3 rings (SSSR count). The molecule has 0 saturated heterocycles. The lowest BCUT2D eigenvalue weighted by Gasteiger charge is -2.19. The lowest BCUT2D eigenvalue weighted by atomic mass is 10.2. The number of ether oxygens (including phenoxy) is 1. The summed E-state index contributed by atoms with van der Waals surface area (Å²) in [6, 6.07) is 2.08. The molecule has 0 saturated carbocycles. The number of hydrogen-bond acceptors (Lipinski definition) is 7. The number of alkyl halides is 3. The molecule has 2 N–H and O–H groups in total. The van der Waals surface area contributed by atoms with Gasteiger partial charge < -0.3 is 15.2 Å². The van der Waals surface area contributed by atoms with Gasteiger partial charge in [0.1, 0.15) is 12.2 Å². The Morgan fingerprint density at radius 3 is 2.60 bits per heavy atom. The minimum absolute atomic E-state index is 0.0453. The van der Waals surface area contributed by atoms with Gasteiger partial charge in [-0.25, -0.2) is 14.2 Å². The summed E-state index contributed by atoms with van der Waals surface area (Å²) in [7, 11) is 0. The fourth-order valence-electron chi connectivity index (χ4n) is 2.96. The van der Waals surface area contributed by atoms with Gasteiger partial charge in [-0.1, -0.05) is 11.6 Å². The standard InChI is InChI=1S/C20H19ClF4N6O4/c1-4-30-13(8-32)29-31(19(30)34)16-12(22)7-11(18(28-16)35-10(3)20(23,24)25)17(33)27-14-9(2)5-6-26-15(14)21/h5-7,10,32H,4,8H2,1-3H3,(H,27,33)/t10-/m0/s1. The topological polar surface area (TPSA) is 124 Å². The molecule has 0 fully saturated rings. The molecule has 0 spiro atoms. The smallest absolute Gasteiger partial charge is 0.425 e. The van der Waals surface area contributed by atoms with E-state index in [2.05, 4.69) is 20.4 Å². The Balaban J connectivity index is 2.16. The summed E-state index contributed by atoms with van der Waals surface area (Å²) in [5.41, 5.74) is -1.09. The molecule has 0 aliphatic carbocycles. The van der Waals surface area contributed by atoms with Gasteiger partial charge in [-0.05, 0) is 38.5 Å². The number of aliphatic hydroxyl groups is 1. The number of aliphatic hydroxyl groups excluding tert-OH is 1. The summed E-state index contributed by atoms with van der Waals surface area (Å²) in [4.78, 5) is 33.0. The van der Waals surface area contributed by atoms with Crippen molar-refractivity contribution < 1.29 is 32.2 Å². The molecule has 0 unspecified atom stereocenters. The van der Waals surface area contributed by atoms with Crippen LogP contribution in [0.5, 0.6) is 5.88 Å². The molecule has 1 atom stereocenters. The minimum Gasteiger partial charge on any atom is -0.464 e. The van der Waals surface area contributed by atoms with E-state index in [-0.39, 0.29) is 23.2 Å². The van der Waals surface area contributed by atoms with Gasteiger partial charge in [0.15, 0.2) is 28.7 Å². The molecule has 10 nitrogen and oxygen atoms in total. The Morgan fingerprint density at radius 2 is 2.06 bits per heavy atom. The summed E-state index contributed by atoms with van der Waals surface area (Å²) in [6.07, 6.45) is -5.92. The van der Waals surface area contributed by atoms with Crippen LogP contribution in [0.2, 0.25) is 5.15 Å². The number of anilines is 1. The van der Waals surface area contributed by atoms with E-state index >= 15 is 4.39 Å². The third-order valence-corrected chi connectivity index (χ3v) is 5.15. The van der Waals surface area contributed by atoms with Gasteiger partial charge in [0.05, 0.1) is 5.69 Å². The SMILES string of the molecule is CCn1c(CO)nn(-c2nc(O[C@@H](C)C(F)(F)F)c(C(=O)Nc3c(C)ccnc3Cl)cc2F)c1=O. The monoisotopic (exact) mass is 518 g/mol. The normalized spacial score (nSPS) is 12.5. The Bertz CT molecular complexity index is 1300.